The van der Waals surface area contributed by atoms with Crippen molar-refractivity contribution in [1.82, 2.24) is 30.8 Å². The van der Waals surface area contributed by atoms with Gasteiger partial charge in [-0.15, -0.1) is 0 Å². The molecule has 1 aliphatic carbocycles. The number of rotatable bonds is 6. The lowest BCUT2D eigenvalue weighted by Crippen LogP contribution is -2.24. The van der Waals surface area contributed by atoms with E-state index in [1.807, 2.05) is 18.2 Å². The zero-order valence-electron chi connectivity index (χ0n) is 20.5. The Balaban J connectivity index is 1.19. The van der Waals surface area contributed by atoms with Crippen molar-refractivity contribution in [3.63, 3.8) is 0 Å². The Morgan fingerprint density at radius 3 is 2.89 bits per heavy atom. The van der Waals surface area contributed by atoms with E-state index in [1.54, 1.807) is 12.3 Å². The number of aromatic nitrogens is 4. The summed E-state index contributed by atoms with van der Waals surface area (Å²) in [4.78, 5) is 20.3. The van der Waals surface area contributed by atoms with Gasteiger partial charge in [-0.05, 0) is 66.1 Å². The molecule has 6 rings (SSSR count). The second-order valence-electron chi connectivity index (χ2n) is 10.7. The van der Waals surface area contributed by atoms with E-state index in [4.69, 9.17) is 0 Å². The van der Waals surface area contributed by atoms with E-state index in [-0.39, 0.29) is 23.7 Å². The first-order valence-electron chi connectivity index (χ1n) is 12.4. The highest BCUT2D eigenvalue weighted by atomic mass is 19.1. The zero-order chi connectivity index (χ0) is 24.9. The molecule has 8 nitrogen and oxygen atoms in total. The van der Waals surface area contributed by atoms with Gasteiger partial charge in [-0.2, -0.15) is 5.10 Å². The van der Waals surface area contributed by atoms with E-state index in [9.17, 15) is 4.79 Å². The average molecular weight is 488 g/mol. The molecule has 2 aliphatic rings. The number of hydrogen-bond acceptors (Lipinski definition) is 5. The molecule has 0 radical (unpaired) electrons. The van der Waals surface area contributed by atoms with Crippen LogP contribution < -0.4 is 16.0 Å². The summed E-state index contributed by atoms with van der Waals surface area (Å²) in [6.45, 7) is 6.40. The molecule has 9 heteroatoms. The van der Waals surface area contributed by atoms with Crippen LogP contribution in [0.1, 0.15) is 47.6 Å². The molecule has 4 heterocycles. The second-order valence-corrected chi connectivity index (χ2v) is 10.7. The lowest BCUT2D eigenvalue weighted by Gasteiger charge is -2.15. The molecule has 1 amide bonds. The summed E-state index contributed by atoms with van der Waals surface area (Å²) in [6.07, 6.45) is 4.59. The standard InChI is InChI=1S/C27H30FN7O/c1-27(2)11-17-10-21(33-22(17)12-27)26(36)31-13-16-4-3-15(9-20(16)28)19-6-8-30-24-23(19)25(35-34-24)32-18-5-7-29-14-18/h3-4,6,8-10,18,29,33H,5,7,11-14H2,1-2H3,(H,31,36)(H2,30,32,34,35)/t18-/m1/s1. The van der Waals surface area contributed by atoms with Crippen LogP contribution >= 0.6 is 0 Å². The summed E-state index contributed by atoms with van der Waals surface area (Å²) in [5.74, 6) is 0.128. The zero-order valence-corrected chi connectivity index (χ0v) is 20.5. The van der Waals surface area contributed by atoms with Gasteiger partial charge in [0.15, 0.2) is 11.5 Å². The van der Waals surface area contributed by atoms with E-state index >= 15 is 4.39 Å². The number of fused-ring (bicyclic) bond motifs is 2. The molecule has 0 saturated carbocycles. The van der Waals surface area contributed by atoms with Crippen LogP contribution in [0.5, 0.6) is 0 Å². The smallest absolute Gasteiger partial charge is 0.267 e. The maximum atomic E-state index is 15.1. The van der Waals surface area contributed by atoms with E-state index in [1.165, 1.54) is 11.6 Å². The Kier molecular flexibility index (Phi) is 5.52. The van der Waals surface area contributed by atoms with Crippen LogP contribution in [0, 0.1) is 11.2 Å². The fourth-order valence-corrected chi connectivity index (χ4v) is 5.43. The predicted molar refractivity (Wildman–Crippen MR) is 137 cm³/mol. The van der Waals surface area contributed by atoms with Crippen molar-refractivity contribution in [2.45, 2.75) is 45.7 Å². The first kappa shape index (κ1) is 22.7. The first-order chi connectivity index (χ1) is 17.4. The maximum absolute atomic E-state index is 15.1. The molecule has 4 aromatic rings. The number of nitrogens with one attached hydrogen (secondary N) is 5. The maximum Gasteiger partial charge on any atom is 0.267 e. The van der Waals surface area contributed by atoms with E-state index in [2.05, 4.69) is 50.0 Å². The van der Waals surface area contributed by atoms with Gasteiger partial charge >= 0.3 is 0 Å². The summed E-state index contributed by atoms with van der Waals surface area (Å²) in [5.41, 5.74) is 5.74. The average Bonchev–Trinajstić information content (AvgIpc) is 3.62. The molecule has 1 atom stereocenters. The molecule has 36 heavy (non-hydrogen) atoms. The number of aromatic amines is 2. The highest BCUT2D eigenvalue weighted by Crippen LogP contribution is 2.36. The van der Waals surface area contributed by atoms with Crippen LogP contribution in [0.25, 0.3) is 22.2 Å². The Morgan fingerprint density at radius 1 is 1.22 bits per heavy atom. The molecule has 0 unspecified atom stereocenters. The van der Waals surface area contributed by atoms with Gasteiger partial charge in [-0.1, -0.05) is 26.0 Å². The minimum Gasteiger partial charge on any atom is -0.364 e. The summed E-state index contributed by atoms with van der Waals surface area (Å²) in [6, 6.07) is 9.19. The van der Waals surface area contributed by atoms with Crippen LogP contribution in [0.3, 0.4) is 0 Å². The lowest BCUT2D eigenvalue weighted by molar-refractivity contribution is 0.0945. The number of amides is 1. The van der Waals surface area contributed by atoms with Gasteiger partial charge in [0.05, 0.1) is 5.39 Å². The largest absolute Gasteiger partial charge is 0.364 e. The van der Waals surface area contributed by atoms with Crippen molar-refractivity contribution in [3.8, 4) is 11.1 Å². The van der Waals surface area contributed by atoms with E-state index in [0.717, 1.165) is 60.4 Å². The van der Waals surface area contributed by atoms with Crippen molar-refractivity contribution in [1.29, 1.82) is 0 Å². The van der Waals surface area contributed by atoms with Crippen molar-refractivity contribution in [3.05, 3.63) is 64.9 Å². The monoisotopic (exact) mass is 487 g/mol. The van der Waals surface area contributed by atoms with Gasteiger partial charge in [0, 0.05) is 36.6 Å². The molecular formula is C27H30FN7O. The molecule has 1 fully saturated rings. The van der Waals surface area contributed by atoms with Crippen LogP contribution in [-0.4, -0.2) is 45.2 Å². The normalized spacial score (nSPS) is 18.5. The quantitative estimate of drug-likeness (QED) is 0.283. The highest BCUT2D eigenvalue weighted by molar-refractivity contribution is 6.00. The Bertz CT molecular complexity index is 1420. The molecule has 1 aliphatic heterocycles. The molecule has 3 aromatic heterocycles. The number of benzene rings is 1. The van der Waals surface area contributed by atoms with E-state index in [0.29, 0.717) is 22.9 Å². The summed E-state index contributed by atoms with van der Waals surface area (Å²) in [5, 5.41) is 17.9. The Labute approximate surface area is 208 Å². The molecule has 5 N–H and O–H groups in total. The topological polar surface area (TPSA) is 111 Å². The van der Waals surface area contributed by atoms with Gasteiger partial charge in [-0.3, -0.25) is 9.89 Å². The van der Waals surface area contributed by atoms with Gasteiger partial charge < -0.3 is 20.9 Å². The van der Waals surface area contributed by atoms with Crippen molar-refractivity contribution in [2.75, 3.05) is 18.4 Å². The highest BCUT2D eigenvalue weighted by Gasteiger charge is 2.31. The third kappa shape index (κ3) is 4.24. The fraction of sp³-hybridized carbons (Fsp3) is 0.370. The third-order valence-corrected chi connectivity index (χ3v) is 7.23. The number of halogens is 1. The number of H-pyrrole nitrogens is 2. The lowest BCUT2D eigenvalue weighted by atomic mass is 9.90. The van der Waals surface area contributed by atoms with Crippen LogP contribution in [-0.2, 0) is 19.4 Å². The van der Waals surface area contributed by atoms with Crippen molar-refractivity contribution < 1.29 is 9.18 Å². The summed E-state index contributed by atoms with van der Waals surface area (Å²) >= 11 is 0. The number of pyridine rings is 1. The molecule has 186 valence electrons. The number of nitrogens with zero attached hydrogens (tertiary/aromatic N) is 2. The van der Waals surface area contributed by atoms with Gasteiger partial charge in [0.25, 0.3) is 5.91 Å². The number of carbonyl (C=O) groups is 1. The van der Waals surface area contributed by atoms with E-state index < -0.39 is 0 Å². The second kappa shape index (κ2) is 8.74. The minimum absolute atomic E-state index is 0.110. The molecular weight excluding hydrogens is 457 g/mol. The molecule has 0 spiro atoms. The van der Waals surface area contributed by atoms with Crippen molar-refractivity contribution >= 4 is 22.8 Å². The molecule has 1 saturated heterocycles. The molecule has 1 aromatic carbocycles. The summed E-state index contributed by atoms with van der Waals surface area (Å²) < 4.78 is 15.1. The van der Waals surface area contributed by atoms with Crippen molar-refractivity contribution in [2.24, 2.45) is 5.41 Å². The van der Waals surface area contributed by atoms with Crippen LogP contribution in [0.4, 0.5) is 10.2 Å². The fourth-order valence-electron chi connectivity index (χ4n) is 5.43. The van der Waals surface area contributed by atoms with Crippen LogP contribution in [0.2, 0.25) is 0 Å². The predicted octanol–water partition coefficient (Wildman–Crippen LogP) is 3.92. The van der Waals surface area contributed by atoms with Crippen LogP contribution in [0.15, 0.2) is 36.5 Å². The Morgan fingerprint density at radius 2 is 2.11 bits per heavy atom. The first-order valence-corrected chi connectivity index (χ1v) is 12.4. The minimum atomic E-state index is -0.369. The Hall–Kier alpha value is -3.72. The van der Waals surface area contributed by atoms with Gasteiger partial charge in [-0.25, -0.2) is 9.37 Å². The third-order valence-electron chi connectivity index (χ3n) is 7.23. The number of hydrogen-bond donors (Lipinski definition) is 5. The van der Waals surface area contributed by atoms with Gasteiger partial charge in [0.2, 0.25) is 0 Å². The van der Waals surface area contributed by atoms with Gasteiger partial charge in [0.1, 0.15) is 11.5 Å². The number of carbonyl (C=O) groups excluding carboxylic acids is 1. The molecule has 0 bridgehead atoms. The SMILES string of the molecule is CC1(C)Cc2cc(C(=O)NCc3ccc(-c4ccnc5[nH]nc(N[C@@H]6CCNC6)c45)cc3F)[nH]c2C1. The summed E-state index contributed by atoms with van der Waals surface area (Å²) in [7, 11) is 0. The number of anilines is 1.